The van der Waals surface area contributed by atoms with Crippen LogP contribution in [0.4, 0.5) is 11.6 Å². The minimum atomic E-state index is -5.71. The Labute approximate surface area is 430 Å². The molecule has 0 spiro atoms. The van der Waals surface area contributed by atoms with Crippen LogP contribution in [0.15, 0.2) is 59.5 Å². The zero-order valence-corrected chi connectivity index (χ0v) is 44.1. The van der Waals surface area contributed by atoms with E-state index >= 15 is 0 Å². The van der Waals surface area contributed by atoms with Gasteiger partial charge in [0.15, 0.2) is 5.65 Å². The van der Waals surface area contributed by atoms with E-state index in [1.807, 2.05) is 24.3 Å². The van der Waals surface area contributed by atoms with Gasteiger partial charge in [-0.25, -0.2) is 18.3 Å². The standard InChI is InChI=1S/C49H57N8O15P3/c1-4-55-22-9-13-30-24-36-40(26-38(30)55)70-41-27-39-31(14-10-23-56(39)5-2)25-37(41)45(36)34-15-6-7-16-35(34)48(60)54(3)21-11-17-42(58)51-20-8-12-32-28-57(46-44(32)47(59)53-49(50)52-46)43-19-18-33(69-43)29-68-74(64,65)72-75(66,67)71-73(61,62)63/h6-7,15-16,24-28,33,43H,4-5,9-11,13-14,17-23,29H2,1-3H3,(H7-,50,51,52,53,58,59,61,62,63,64,65,66,67)/p+1/t33-,43+/m0/s1. The van der Waals surface area contributed by atoms with Gasteiger partial charge < -0.3 is 54.5 Å². The minimum absolute atomic E-state index is 0.0747. The lowest BCUT2D eigenvalue weighted by molar-refractivity contribution is -0.121. The molecule has 2 aromatic heterocycles. The van der Waals surface area contributed by atoms with Crippen molar-refractivity contribution in [2.45, 2.75) is 77.5 Å². The SMILES string of the molecule is CCN1CCCc2cc3c(cc21)Oc1cc2c(cc1=C3c1ccccc1C(=O)N(C)CCCC(=O)NCC#Cc1cn([C@H]3CC[C@@H](COP(=O)(O)OP(=O)(O)OP(=O)(O)O)O3)c3nc(N)[nH]c(=O)c13)CCC[N+]=2CC. The molecule has 8 N–H and O–H groups in total. The number of hydrogen-bond acceptors (Lipinski definition) is 14. The average Bonchev–Trinajstić information content (AvgIpc) is 3.98. The number of rotatable bonds is 17. The number of amides is 2. The number of fused-ring (bicyclic) bond motifs is 5. The lowest BCUT2D eigenvalue weighted by Gasteiger charge is -2.33. The van der Waals surface area contributed by atoms with E-state index in [-0.39, 0.29) is 60.2 Å². The van der Waals surface area contributed by atoms with Crippen LogP contribution in [-0.2, 0) is 49.2 Å². The highest BCUT2D eigenvalue weighted by Gasteiger charge is 2.42. The Morgan fingerprint density at radius 1 is 1.00 bits per heavy atom. The quantitative estimate of drug-likeness (QED) is 0.0387. The summed E-state index contributed by atoms with van der Waals surface area (Å²) < 4.78 is 63.8. The number of anilines is 2. The molecule has 1 fully saturated rings. The summed E-state index contributed by atoms with van der Waals surface area (Å²) in [6.07, 6.45) is 4.70. The monoisotopic (exact) mass is 1090 g/mol. The van der Waals surface area contributed by atoms with Crippen LogP contribution >= 0.6 is 23.5 Å². The number of nitrogens with one attached hydrogen (secondary N) is 2. The second-order valence-corrected chi connectivity index (χ2v) is 22.9. The van der Waals surface area contributed by atoms with E-state index in [2.05, 4.69) is 83.3 Å². The van der Waals surface area contributed by atoms with Gasteiger partial charge in [-0.15, -0.1) is 0 Å². The molecule has 3 aromatic carbocycles. The van der Waals surface area contributed by atoms with Crippen molar-refractivity contribution in [1.29, 1.82) is 0 Å². The lowest BCUT2D eigenvalue weighted by atomic mass is 9.86. The molecule has 6 heterocycles. The fourth-order valence-electron chi connectivity index (χ4n) is 10.2. The van der Waals surface area contributed by atoms with Gasteiger partial charge in [-0.1, -0.05) is 30.0 Å². The molecule has 26 heteroatoms. The molecule has 0 saturated carbocycles. The molecule has 398 valence electrons. The predicted octanol–water partition coefficient (Wildman–Crippen LogP) is 3.93. The molecule has 5 aromatic rings. The van der Waals surface area contributed by atoms with Gasteiger partial charge in [-0.05, 0) is 81.7 Å². The number of nitrogens with two attached hydrogens (primary N) is 1. The number of H-pyrrole nitrogens is 1. The molecule has 0 bridgehead atoms. The number of nitrogens with zero attached hydrogens (tertiary/aromatic N) is 5. The van der Waals surface area contributed by atoms with E-state index in [9.17, 15) is 37.9 Å². The Morgan fingerprint density at radius 2 is 1.79 bits per heavy atom. The number of carbonyl (C=O) groups excluding carboxylic acids is 2. The molecule has 0 aliphatic carbocycles. The second kappa shape index (κ2) is 21.9. The fraction of sp³-hybridized carbons (Fsp3) is 0.408. The summed E-state index contributed by atoms with van der Waals surface area (Å²) in [5.41, 5.74) is 12.6. The number of phosphoric acid groups is 3. The van der Waals surface area contributed by atoms with E-state index in [0.717, 1.165) is 85.3 Å². The summed E-state index contributed by atoms with van der Waals surface area (Å²) in [6.45, 7) is 7.62. The maximum atomic E-state index is 14.5. The van der Waals surface area contributed by atoms with E-state index < -0.39 is 48.0 Å². The number of carbonyl (C=O) groups is 2. The van der Waals surface area contributed by atoms with Crippen LogP contribution in [0.1, 0.15) is 96.8 Å². The zero-order chi connectivity index (χ0) is 53.4. The molecule has 4 atom stereocenters. The smallest absolute Gasteiger partial charge is 0.456 e. The van der Waals surface area contributed by atoms with Crippen molar-refractivity contribution in [1.82, 2.24) is 29.3 Å². The van der Waals surface area contributed by atoms with Crippen LogP contribution in [0.5, 0.6) is 11.5 Å². The van der Waals surface area contributed by atoms with Crippen LogP contribution in [0, 0.1) is 11.8 Å². The zero-order valence-electron chi connectivity index (χ0n) is 41.4. The Balaban J connectivity index is 0.856. The molecule has 1 saturated heterocycles. The van der Waals surface area contributed by atoms with E-state index in [4.69, 9.17) is 29.5 Å². The van der Waals surface area contributed by atoms with Gasteiger partial charge in [-0.3, -0.25) is 23.9 Å². The number of aromatic nitrogens is 3. The summed E-state index contributed by atoms with van der Waals surface area (Å²) in [5.74, 6) is 6.59. The van der Waals surface area contributed by atoms with Gasteiger partial charge in [0.2, 0.25) is 17.2 Å². The van der Waals surface area contributed by atoms with Gasteiger partial charge in [0.05, 0.1) is 36.3 Å². The minimum Gasteiger partial charge on any atom is -0.456 e. The molecule has 23 nitrogen and oxygen atoms in total. The molecular weight excluding hydrogens is 1030 g/mol. The summed E-state index contributed by atoms with van der Waals surface area (Å²) in [7, 11) is -14.9. The summed E-state index contributed by atoms with van der Waals surface area (Å²) in [4.78, 5) is 88.3. The van der Waals surface area contributed by atoms with Crippen LogP contribution in [-0.4, -0.2) is 110 Å². The number of nitrogen functional groups attached to an aromatic ring is 1. The van der Waals surface area contributed by atoms with Crippen LogP contribution in [0.25, 0.3) is 16.6 Å². The maximum Gasteiger partial charge on any atom is 0.490 e. The summed E-state index contributed by atoms with van der Waals surface area (Å²) in [5, 5.41) is 4.98. The van der Waals surface area contributed by atoms with Crippen molar-refractivity contribution in [2.75, 3.05) is 63.6 Å². The second-order valence-electron chi connectivity index (χ2n) is 18.5. The normalized spacial score (nSPS) is 18.6. The number of benzene rings is 3. The fourth-order valence-corrected chi connectivity index (χ4v) is 13.2. The predicted molar refractivity (Wildman–Crippen MR) is 275 cm³/mol. The molecule has 75 heavy (non-hydrogen) atoms. The third kappa shape index (κ3) is 12.0. The Hall–Kier alpha value is -5.98. The summed E-state index contributed by atoms with van der Waals surface area (Å²) in [6, 6.07) is 16.5. The molecule has 2 amide bonds. The molecule has 0 radical (unpaired) electrons. The van der Waals surface area contributed by atoms with Crippen molar-refractivity contribution in [2.24, 2.45) is 0 Å². The van der Waals surface area contributed by atoms with Crippen molar-refractivity contribution in [3.8, 4) is 23.3 Å². The Bertz CT molecular complexity index is 3510. The van der Waals surface area contributed by atoms with Gasteiger partial charge in [0, 0.05) is 85.0 Å². The number of aromatic amines is 1. The largest absolute Gasteiger partial charge is 0.490 e. The first-order valence-electron chi connectivity index (χ1n) is 24.5. The molecule has 4 aliphatic rings. The molecule has 9 rings (SSSR count). The number of hydrogen-bond donors (Lipinski definition) is 7. The van der Waals surface area contributed by atoms with Gasteiger partial charge in [-0.2, -0.15) is 13.6 Å². The van der Waals surface area contributed by atoms with Gasteiger partial charge in [0.1, 0.15) is 30.8 Å². The van der Waals surface area contributed by atoms with Crippen molar-refractivity contribution in [3.05, 3.63) is 109 Å². The highest BCUT2D eigenvalue weighted by atomic mass is 31.3. The average molecular weight is 1090 g/mol. The van der Waals surface area contributed by atoms with Crippen LogP contribution < -0.4 is 41.4 Å². The van der Waals surface area contributed by atoms with Crippen molar-refractivity contribution < 1.29 is 65.5 Å². The van der Waals surface area contributed by atoms with E-state index in [0.29, 0.717) is 18.5 Å². The third-order valence-corrected chi connectivity index (χ3v) is 17.3. The van der Waals surface area contributed by atoms with E-state index in [1.165, 1.54) is 32.9 Å². The van der Waals surface area contributed by atoms with Gasteiger partial charge >= 0.3 is 23.5 Å². The Kier molecular flexibility index (Phi) is 15.7. The van der Waals surface area contributed by atoms with E-state index in [1.54, 1.807) is 11.9 Å². The van der Waals surface area contributed by atoms with Crippen molar-refractivity contribution in [3.63, 3.8) is 0 Å². The number of phosphoric ester groups is 1. The highest BCUT2D eigenvalue weighted by molar-refractivity contribution is 7.66. The first-order chi connectivity index (χ1) is 35.7. The van der Waals surface area contributed by atoms with Crippen molar-refractivity contribution >= 4 is 63.5 Å². The van der Waals surface area contributed by atoms with Crippen LogP contribution in [0.2, 0.25) is 0 Å². The first-order valence-corrected chi connectivity index (χ1v) is 29.1. The van der Waals surface area contributed by atoms with Crippen LogP contribution in [0.3, 0.4) is 0 Å². The first kappa shape index (κ1) is 53.8. The maximum absolute atomic E-state index is 14.5. The lowest BCUT2D eigenvalue weighted by Crippen LogP contribution is -2.39. The molecular formula is C49H58N8O15P3+. The number of ether oxygens (including phenoxy) is 2. The third-order valence-electron chi connectivity index (χ3n) is 13.5. The molecule has 4 aliphatic heterocycles. The van der Waals surface area contributed by atoms with Gasteiger partial charge in [0.25, 0.3) is 11.5 Å². The number of aryl methyl sites for hydroxylation is 2. The highest BCUT2D eigenvalue weighted by Crippen LogP contribution is 2.66. The molecule has 2 unspecified atom stereocenters. The summed E-state index contributed by atoms with van der Waals surface area (Å²) >= 11 is 0. The topological polar surface area (TPSA) is 311 Å². The Morgan fingerprint density at radius 3 is 2.56 bits per heavy atom.